The van der Waals surface area contributed by atoms with E-state index in [9.17, 15) is 18.0 Å². The Morgan fingerprint density at radius 1 is 1.33 bits per heavy atom. The number of benzene rings is 1. The van der Waals surface area contributed by atoms with Gasteiger partial charge in [0.05, 0.1) is 11.8 Å². The first kappa shape index (κ1) is 12.2. The molecule has 1 amide bonds. The van der Waals surface area contributed by atoms with E-state index in [1.807, 2.05) is 0 Å². The highest BCUT2D eigenvalue weighted by Crippen LogP contribution is 2.30. The van der Waals surface area contributed by atoms with E-state index in [1.165, 1.54) is 18.3 Å². The Bertz CT molecular complexity index is 550. The lowest BCUT2D eigenvalue weighted by Gasteiger charge is -2.08. The van der Waals surface area contributed by atoms with Gasteiger partial charge in [0.25, 0.3) is 5.91 Å². The average molecular weight is 256 g/mol. The molecular formula is C11H7F3N2O2. The number of rotatable bonds is 2. The molecule has 0 aliphatic rings. The van der Waals surface area contributed by atoms with E-state index in [0.717, 1.165) is 18.5 Å². The third kappa shape index (κ3) is 2.68. The number of carbonyl (C=O) groups excluding carboxylic acids is 1. The van der Waals surface area contributed by atoms with Gasteiger partial charge in [0.2, 0.25) is 5.76 Å². The number of halogens is 3. The topological polar surface area (TPSA) is 55.1 Å². The van der Waals surface area contributed by atoms with Crippen LogP contribution in [0.2, 0.25) is 0 Å². The molecule has 0 saturated heterocycles. The van der Waals surface area contributed by atoms with Gasteiger partial charge in [-0.05, 0) is 18.2 Å². The lowest BCUT2D eigenvalue weighted by Crippen LogP contribution is -2.12. The minimum Gasteiger partial charge on any atom is -0.438 e. The molecular weight excluding hydrogens is 249 g/mol. The highest BCUT2D eigenvalue weighted by molar-refractivity contribution is 6.02. The van der Waals surface area contributed by atoms with Gasteiger partial charge in [-0.2, -0.15) is 13.2 Å². The molecule has 4 nitrogen and oxygen atoms in total. The van der Waals surface area contributed by atoms with Crippen LogP contribution in [-0.4, -0.2) is 10.9 Å². The van der Waals surface area contributed by atoms with Crippen LogP contribution in [0.1, 0.15) is 16.1 Å². The number of alkyl halides is 3. The summed E-state index contributed by atoms with van der Waals surface area (Å²) in [6.45, 7) is 0. The SMILES string of the molecule is O=C(Nc1cccc(C(F)(F)F)c1)c1cnco1. The van der Waals surface area contributed by atoms with Crippen molar-refractivity contribution >= 4 is 11.6 Å². The van der Waals surface area contributed by atoms with Gasteiger partial charge in [-0.15, -0.1) is 0 Å². The summed E-state index contributed by atoms with van der Waals surface area (Å²) in [5.74, 6) is -0.737. The van der Waals surface area contributed by atoms with E-state index < -0.39 is 17.6 Å². The van der Waals surface area contributed by atoms with Crippen molar-refractivity contribution in [1.82, 2.24) is 4.98 Å². The third-order valence-corrected chi connectivity index (χ3v) is 2.10. The van der Waals surface area contributed by atoms with Crippen LogP contribution in [0.3, 0.4) is 0 Å². The molecule has 0 spiro atoms. The summed E-state index contributed by atoms with van der Waals surface area (Å²) < 4.78 is 42.0. The minimum absolute atomic E-state index is 0.0335. The second kappa shape index (κ2) is 4.52. The van der Waals surface area contributed by atoms with Crippen LogP contribution in [0, 0.1) is 0 Å². The van der Waals surface area contributed by atoms with Gasteiger partial charge in [0, 0.05) is 5.69 Å². The number of anilines is 1. The molecule has 1 heterocycles. The lowest BCUT2D eigenvalue weighted by molar-refractivity contribution is -0.137. The summed E-state index contributed by atoms with van der Waals surface area (Å²) in [4.78, 5) is 15.0. The van der Waals surface area contributed by atoms with Gasteiger partial charge >= 0.3 is 6.18 Å². The zero-order valence-corrected chi connectivity index (χ0v) is 8.86. The van der Waals surface area contributed by atoms with Gasteiger partial charge in [-0.3, -0.25) is 4.79 Å². The van der Waals surface area contributed by atoms with Crippen molar-refractivity contribution in [2.24, 2.45) is 0 Å². The summed E-state index contributed by atoms with van der Waals surface area (Å²) in [5.41, 5.74) is -0.802. The van der Waals surface area contributed by atoms with E-state index in [-0.39, 0.29) is 11.4 Å². The first-order valence-corrected chi connectivity index (χ1v) is 4.84. The van der Waals surface area contributed by atoms with E-state index in [4.69, 9.17) is 4.42 Å². The highest BCUT2D eigenvalue weighted by Gasteiger charge is 2.30. The first-order valence-electron chi connectivity index (χ1n) is 4.84. The van der Waals surface area contributed by atoms with E-state index in [2.05, 4.69) is 10.3 Å². The third-order valence-electron chi connectivity index (χ3n) is 2.10. The summed E-state index contributed by atoms with van der Waals surface area (Å²) in [7, 11) is 0. The van der Waals surface area contributed by atoms with Crippen LogP contribution in [0.5, 0.6) is 0 Å². The Morgan fingerprint density at radius 3 is 2.72 bits per heavy atom. The van der Waals surface area contributed by atoms with Crippen molar-refractivity contribution in [2.75, 3.05) is 5.32 Å². The molecule has 0 saturated carbocycles. The van der Waals surface area contributed by atoms with Crippen molar-refractivity contribution in [3.8, 4) is 0 Å². The fourth-order valence-corrected chi connectivity index (χ4v) is 1.29. The van der Waals surface area contributed by atoms with Crippen LogP contribution in [-0.2, 0) is 6.18 Å². The van der Waals surface area contributed by atoms with Gasteiger partial charge < -0.3 is 9.73 Å². The average Bonchev–Trinajstić information content (AvgIpc) is 2.81. The zero-order chi connectivity index (χ0) is 13.2. The second-order valence-corrected chi connectivity index (χ2v) is 3.40. The van der Waals surface area contributed by atoms with Crippen LogP contribution in [0.15, 0.2) is 41.3 Å². The molecule has 0 fully saturated rings. The number of aromatic nitrogens is 1. The van der Waals surface area contributed by atoms with Crippen LogP contribution >= 0.6 is 0 Å². The number of oxazole rings is 1. The summed E-state index contributed by atoms with van der Waals surface area (Å²) >= 11 is 0. The number of nitrogens with one attached hydrogen (secondary N) is 1. The predicted molar refractivity (Wildman–Crippen MR) is 55.9 cm³/mol. The van der Waals surface area contributed by atoms with Crippen LogP contribution < -0.4 is 5.32 Å². The van der Waals surface area contributed by atoms with Crippen molar-refractivity contribution in [3.63, 3.8) is 0 Å². The summed E-state index contributed by atoms with van der Waals surface area (Å²) in [6, 6.07) is 4.32. The van der Waals surface area contributed by atoms with Gasteiger partial charge in [-0.25, -0.2) is 4.98 Å². The molecule has 1 N–H and O–H groups in total. The number of amides is 1. The Labute approximate surface area is 99.4 Å². The monoisotopic (exact) mass is 256 g/mol. The number of carbonyl (C=O) groups is 1. The smallest absolute Gasteiger partial charge is 0.416 e. The molecule has 2 aromatic rings. The maximum absolute atomic E-state index is 12.4. The molecule has 94 valence electrons. The van der Waals surface area contributed by atoms with E-state index in [1.54, 1.807) is 0 Å². The molecule has 2 rings (SSSR count). The Balaban J connectivity index is 2.18. The van der Waals surface area contributed by atoms with Gasteiger partial charge in [0.1, 0.15) is 0 Å². The van der Waals surface area contributed by atoms with Crippen molar-refractivity contribution in [1.29, 1.82) is 0 Å². The molecule has 0 bridgehead atoms. The normalized spacial score (nSPS) is 11.3. The van der Waals surface area contributed by atoms with E-state index in [0.29, 0.717) is 0 Å². The number of hydrogen-bond donors (Lipinski definition) is 1. The van der Waals surface area contributed by atoms with Crippen molar-refractivity contribution < 1.29 is 22.4 Å². The second-order valence-electron chi connectivity index (χ2n) is 3.40. The Morgan fingerprint density at radius 2 is 2.11 bits per heavy atom. The van der Waals surface area contributed by atoms with Crippen molar-refractivity contribution in [2.45, 2.75) is 6.18 Å². The standard InChI is InChI=1S/C11H7F3N2O2/c12-11(13,14)7-2-1-3-8(4-7)16-10(17)9-5-15-6-18-9/h1-6H,(H,16,17). The largest absolute Gasteiger partial charge is 0.438 e. The molecule has 0 unspecified atom stereocenters. The minimum atomic E-state index is -4.45. The maximum Gasteiger partial charge on any atom is 0.416 e. The molecule has 1 aromatic heterocycles. The highest BCUT2D eigenvalue weighted by atomic mass is 19.4. The maximum atomic E-state index is 12.4. The molecule has 0 atom stereocenters. The molecule has 7 heteroatoms. The molecule has 18 heavy (non-hydrogen) atoms. The van der Waals surface area contributed by atoms with Crippen LogP contribution in [0.4, 0.5) is 18.9 Å². The first-order chi connectivity index (χ1) is 8.47. The fourth-order valence-electron chi connectivity index (χ4n) is 1.29. The summed E-state index contributed by atoms with van der Waals surface area (Å²) in [5, 5.41) is 2.28. The Kier molecular flexibility index (Phi) is 3.05. The molecule has 1 aromatic carbocycles. The molecule has 0 aliphatic heterocycles. The van der Waals surface area contributed by atoms with E-state index >= 15 is 0 Å². The van der Waals surface area contributed by atoms with Gasteiger partial charge in [0.15, 0.2) is 6.39 Å². The predicted octanol–water partition coefficient (Wildman–Crippen LogP) is 2.95. The number of nitrogens with zero attached hydrogens (tertiary/aromatic N) is 1. The molecule has 0 radical (unpaired) electrons. The van der Waals surface area contributed by atoms with Gasteiger partial charge in [-0.1, -0.05) is 6.07 Å². The number of hydrogen-bond acceptors (Lipinski definition) is 3. The fraction of sp³-hybridized carbons (Fsp3) is 0.0909. The quantitative estimate of drug-likeness (QED) is 0.898. The molecule has 0 aliphatic carbocycles. The van der Waals surface area contributed by atoms with Crippen LogP contribution in [0.25, 0.3) is 0 Å². The van der Waals surface area contributed by atoms with Crippen molar-refractivity contribution in [3.05, 3.63) is 48.2 Å². The zero-order valence-electron chi connectivity index (χ0n) is 8.86. The summed E-state index contributed by atoms with van der Waals surface area (Å²) in [6.07, 6.45) is -2.23. The Hall–Kier alpha value is -2.31. The lowest BCUT2D eigenvalue weighted by atomic mass is 10.2.